The van der Waals surface area contributed by atoms with Crippen LogP contribution >= 0.6 is 25.3 Å². The van der Waals surface area contributed by atoms with E-state index in [0.717, 1.165) is 0 Å². The molecule has 1 aliphatic rings. The fourth-order valence-corrected chi connectivity index (χ4v) is 1.07. The van der Waals surface area contributed by atoms with E-state index >= 15 is 0 Å². The molecule has 0 atom stereocenters. The van der Waals surface area contributed by atoms with Gasteiger partial charge in [0.15, 0.2) is 0 Å². The lowest BCUT2D eigenvalue weighted by molar-refractivity contribution is -0.119. The zero-order valence-electron chi connectivity index (χ0n) is 4.22. The van der Waals surface area contributed by atoms with E-state index in [1.54, 1.807) is 0 Å². The van der Waals surface area contributed by atoms with Crippen molar-refractivity contribution in [3.8, 4) is 0 Å². The summed E-state index contributed by atoms with van der Waals surface area (Å²) in [5, 5.41) is 2.62. The summed E-state index contributed by atoms with van der Waals surface area (Å²) in [7, 11) is 0. The van der Waals surface area contributed by atoms with Crippen molar-refractivity contribution in [2.75, 3.05) is 6.54 Å². The van der Waals surface area contributed by atoms with Crippen LogP contribution in [0.5, 0.6) is 0 Å². The number of hydrogen-bond donors (Lipinski definition) is 3. The predicted molar refractivity (Wildman–Crippen MR) is 38.3 cm³/mol. The van der Waals surface area contributed by atoms with Crippen molar-refractivity contribution in [2.24, 2.45) is 0 Å². The molecule has 0 aliphatic carbocycles. The highest BCUT2D eigenvalue weighted by atomic mass is 32.2. The van der Waals surface area contributed by atoms with Gasteiger partial charge in [-0.1, -0.05) is 0 Å². The highest BCUT2D eigenvalue weighted by molar-refractivity contribution is 8.00. The topological polar surface area (TPSA) is 29.1 Å². The van der Waals surface area contributed by atoms with Gasteiger partial charge in [0.25, 0.3) is 0 Å². The van der Waals surface area contributed by atoms with Gasteiger partial charge in [0.1, 0.15) is 0 Å². The largest absolute Gasteiger partial charge is 0.354 e. The number of carbonyl (C=O) groups is 1. The summed E-state index contributed by atoms with van der Waals surface area (Å²) >= 11 is 8.18. The summed E-state index contributed by atoms with van der Waals surface area (Å²) in [6.07, 6.45) is 0.416. The van der Waals surface area contributed by atoms with Crippen LogP contribution in [0.15, 0.2) is 0 Å². The van der Waals surface area contributed by atoms with Crippen LogP contribution in [0, 0.1) is 0 Å². The normalized spacial score (nSPS) is 25.5. The molecule has 0 aromatic rings. The molecule has 46 valence electrons. The lowest BCUT2D eigenvalue weighted by atomic mass is 10.3. The minimum absolute atomic E-state index is 0.0370. The molecule has 1 fully saturated rings. The smallest absolute Gasteiger partial charge is 0.222 e. The Morgan fingerprint density at radius 1 is 1.62 bits per heavy atom. The molecule has 0 saturated carbocycles. The molecule has 4 heteroatoms. The number of rotatable bonds is 0. The Balaban J connectivity index is 2.56. The van der Waals surface area contributed by atoms with Gasteiger partial charge in [-0.3, -0.25) is 4.79 Å². The van der Waals surface area contributed by atoms with Gasteiger partial charge in [-0.25, -0.2) is 0 Å². The van der Waals surface area contributed by atoms with Crippen molar-refractivity contribution in [3.05, 3.63) is 0 Å². The maximum absolute atomic E-state index is 10.4. The van der Waals surface area contributed by atoms with Crippen molar-refractivity contribution in [1.82, 2.24) is 5.32 Å². The van der Waals surface area contributed by atoms with E-state index in [2.05, 4.69) is 30.6 Å². The monoisotopic (exact) mass is 149 g/mol. The molecule has 2 nitrogen and oxygen atoms in total. The number of thiol groups is 2. The molecule has 8 heavy (non-hydrogen) atoms. The Bertz CT molecular complexity index is 123. The van der Waals surface area contributed by atoms with Crippen molar-refractivity contribution < 1.29 is 4.79 Å². The number of nitrogens with one attached hydrogen (secondary N) is 1. The van der Waals surface area contributed by atoms with Crippen molar-refractivity contribution in [1.29, 1.82) is 0 Å². The van der Waals surface area contributed by atoms with E-state index in [4.69, 9.17) is 0 Å². The SMILES string of the molecule is O=C1CC(S)(S)CN1. The van der Waals surface area contributed by atoms with Gasteiger partial charge in [-0.15, -0.1) is 0 Å². The predicted octanol–water partition coefficient (Wildman–Crippen LogP) is 0.0622. The summed E-state index contributed by atoms with van der Waals surface area (Å²) in [6.45, 7) is 0.568. The molecule has 0 aromatic heterocycles. The molecule has 0 unspecified atom stereocenters. The molecule has 1 rings (SSSR count). The van der Waals surface area contributed by atoms with E-state index in [1.807, 2.05) is 0 Å². The van der Waals surface area contributed by atoms with Gasteiger partial charge in [0.05, 0.1) is 10.5 Å². The first-order valence-corrected chi connectivity index (χ1v) is 3.21. The van der Waals surface area contributed by atoms with Crippen LogP contribution in [0.4, 0.5) is 0 Å². The summed E-state index contributed by atoms with van der Waals surface area (Å²) in [6, 6.07) is 0. The minimum Gasteiger partial charge on any atom is -0.354 e. The third-order valence-electron chi connectivity index (χ3n) is 1.01. The maximum Gasteiger partial charge on any atom is 0.222 e. The first kappa shape index (κ1) is 6.29. The van der Waals surface area contributed by atoms with Gasteiger partial charge in [0, 0.05) is 6.54 Å². The Hall–Kier alpha value is 0.170. The van der Waals surface area contributed by atoms with Crippen LogP contribution in [0.1, 0.15) is 6.42 Å². The van der Waals surface area contributed by atoms with Gasteiger partial charge >= 0.3 is 0 Å². The summed E-state index contributed by atoms with van der Waals surface area (Å²) in [5.41, 5.74) is 0. The standard InChI is InChI=1S/C4H7NOS2/c6-3-1-4(7,8)2-5-3/h7-8H,1-2H2,(H,5,6). The maximum atomic E-state index is 10.4. The highest BCUT2D eigenvalue weighted by Gasteiger charge is 2.30. The highest BCUT2D eigenvalue weighted by Crippen LogP contribution is 2.26. The number of hydrogen-bond acceptors (Lipinski definition) is 3. The van der Waals surface area contributed by atoms with Crippen LogP contribution in [-0.4, -0.2) is 16.5 Å². The van der Waals surface area contributed by atoms with Crippen LogP contribution < -0.4 is 5.32 Å². The quantitative estimate of drug-likeness (QED) is 0.330. The lowest BCUT2D eigenvalue weighted by Gasteiger charge is -2.08. The third-order valence-corrected chi connectivity index (χ3v) is 1.64. The van der Waals surface area contributed by atoms with E-state index in [0.29, 0.717) is 13.0 Å². The second kappa shape index (κ2) is 1.84. The number of amides is 1. The second-order valence-corrected chi connectivity index (χ2v) is 4.00. The molecule has 1 saturated heterocycles. The molecule has 1 aliphatic heterocycles. The Morgan fingerprint density at radius 2 is 2.25 bits per heavy atom. The van der Waals surface area contributed by atoms with Gasteiger partial charge in [-0.2, -0.15) is 25.3 Å². The molecule has 1 heterocycles. The van der Waals surface area contributed by atoms with Gasteiger partial charge < -0.3 is 5.32 Å². The van der Waals surface area contributed by atoms with Gasteiger partial charge in [-0.05, 0) is 0 Å². The lowest BCUT2D eigenvalue weighted by Crippen LogP contribution is -2.17. The van der Waals surface area contributed by atoms with Crippen molar-refractivity contribution in [2.45, 2.75) is 10.5 Å². The first-order chi connectivity index (χ1) is 3.60. The van der Waals surface area contributed by atoms with Crippen molar-refractivity contribution in [3.63, 3.8) is 0 Å². The molecule has 0 spiro atoms. The molecular formula is C4H7NOS2. The Morgan fingerprint density at radius 3 is 2.38 bits per heavy atom. The van der Waals surface area contributed by atoms with Crippen LogP contribution in [0.25, 0.3) is 0 Å². The van der Waals surface area contributed by atoms with E-state index < -0.39 is 4.08 Å². The fraction of sp³-hybridized carbons (Fsp3) is 0.750. The van der Waals surface area contributed by atoms with Crippen LogP contribution in [-0.2, 0) is 4.79 Å². The number of carbonyl (C=O) groups excluding carboxylic acids is 1. The molecular weight excluding hydrogens is 142 g/mol. The average Bonchev–Trinajstić information content (AvgIpc) is 1.82. The molecule has 0 aromatic carbocycles. The summed E-state index contributed by atoms with van der Waals surface area (Å²) < 4.78 is -0.406. The summed E-state index contributed by atoms with van der Waals surface area (Å²) in [4.78, 5) is 10.4. The Kier molecular flexibility index (Phi) is 1.45. The molecule has 0 radical (unpaired) electrons. The second-order valence-electron chi connectivity index (χ2n) is 1.94. The first-order valence-electron chi connectivity index (χ1n) is 2.32. The molecule has 0 bridgehead atoms. The van der Waals surface area contributed by atoms with Crippen LogP contribution in [0.2, 0.25) is 0 Å². The Labute approximate surface area is 58.8 Å². The summed E-state index contributed by atoms with van der Waals surface area (Å²) in [5.74, 6) is 0.0370. The van der Waals surface area contributed by atoms with Gasteiger partial charge in [0.2, 0.25) is 5.91 Å². The minimum atomic E-state index is -0.406. The zero-order valence-corrected chi connectivity index (χ0v) is 6.01. The molecule has 1 N–H and O–H groups in total. The van der Waals surface area contributed by atoms with E-state index in [9.17, 15) is 4.79 Å². The van der Waals surface area contributed by atoms with Crippen molar-refractivity contribution >= 4 is 31.2 Å². The average molecular weight is 149 g/mol. The third kappa shape index (κ3) is 1.32. The fourth-order valence-electron chi connectivity index (χ4n) is 0.622. The zero-order chi connectivity index (χ0) is 6.20. The van der Waals surface area contributed by atoms with E-state index in [1.165, 1.54) is 0 Å². The van der Waals surface area contributed by atoms with E-state index in [-0.39, 0.29) is 5.91 Å². The van der Waals surface area contributed by atoms with Crippen LogP contribution in [0.3, 0.4) is 0 Å². The molecule has 1 amide bonds.